The zero-order valence-corrected chi connectivity index (χ0v) is 20.3. The Morgan fingerprint density at radius 1 is 0.857 bits per heavy atom. The Bertz CT molecular complexity index is 1350. The van der Waals surface area contributed by atoms with Crippen LogP contribution in [0, 0.1) is 0 Å². The van der Waals surface area contributed by atoms with Crippen LogP contribution < -0.4 is 14.8 Å². The van der Waals surface area contributed by atoms with Crippen molar-refractivity contribution in [3.63, 3.8) is 0 Å². The van der Waals surface area contributed by atoms with Gasteiger partial charge in [-0.05, 0) is 35.9 Å². The summed E-state index contributed by atoms with van der Waals surface area (Å²) in [6, 6.07) is 20.1. The number of ether oxygens (including phenoxy) is 3. The predicted octanol–water partition coefficient (Wildman–Crippen LogP) is 5.21. The molecule has 8 heteroatoms. The van der Waals surface area contributed by atoms with Gasteiger partial charge in [-0.2, -0.15) is 0 Å². The summed E-state index contributed by atoms with van der Waals surface area (Å²) >= 11 is 1.55. The minimum absolute atomic E-state index is 0.233. The molecule has 0 aliphatic carbocycles. The number of hydrogen-bond acceptors (Lipinski definition) is 7. The van der Waals surface area contributed by atoms with Gasteiger partial charge < -0.3 is 19.5 Å². The third-order valence-corrected chi connectivity index (χ3v) is 6.31. The van der Waals surface area contributed by atoms with Crippen molar-refractivity contribution in [1.29, 1.82) is 0 Å². The van der Waals surface area contributed by atoms with Crippen LogP contribution in [0.15, 0.2) is 72.1 Å². The van der Waals surface area contributed by atoms with Crippen molar-refractivity contribution in [2.75, 3.05) is 21.3 Å². The van der Waals surface area contributed by atoms with Crippen LogP contribution in [0.25, 0.3) is 21.8 Å². The zero-order valence-electron chi connectivity index (χ0n) is 19.5. The minimum Gasteiger partial charge on any atom is -0.493 e. The molecule has 3 aromatic carbocycles. The molecule has 0 saturated carbocycles. The van der Waals surface area contributed by atoms with Crippen LogP contribution >= 0.6 is 11.3 Å². The van der Waals surface area contributed by atoms with Gasteiger partial charge >= 0.3 is 5.97 Å². The summed E-state index contributed by atoms with van der Waals surface area (Å²) in [4.78, 5) is 29.3. The lowest BCUT2D eigenvalue weighted by molar-refractivity contribution is 0.0596. The second kappa shape index (κ2) is 10.8. The summed E-state index contributed by atoms with van der Waals surface area (Å²) in [6.07, 6.45) is 0. The zero-order chi connectivity index (χ0) is 24.8. The van der Waals surface area contributed by atoms with Crippen LogP contribution in [0.2, 0.25) is 0 Å². The molecule has 1 aromatic heterocycles. The van der Waals surface area contributed by atoms with Crippen LogP contribution in [-0.2, 0) is 11.3 Å². The van der Waals surface area contributed by atoms with Crippen LogP contribution in [-0.4, -0.2) is 38.2 Å². The SMILES string of the molecule is COC(=O)c1ccccc1C(=O)NCc1ccc(-c2nc(-c3ccc(OC)c(OC)c3)cs2)cc1. The highest BCUT2D eigenvalue weighted by molar-refractivity contribution is 7.13. The van der Waals surface area contributed by atoms with Gasteiger partial charge in [-0.1, -0.05) is 36.4 Å². The number of thiazole rings is 1. The Kier molecular flexibility index (Phi) is 7.42. The fraction of sp³-hybridized carbons (Fsp3) is 0.148. The van der Waals surface area contributed by atoms with Crippen LogP contribution in [0.1, 0.15) is 26.3 Å². The topological polar surface area (TPSA) is 86.8 Å². The third-order valence-electron chi connectivity index (χ3n) is 5.41. The van der Waals surface area contributed by atoms with Crippen molar-refractivity contribution in [3.8, 4) is 33.3 Å². The third kappa shape index (κ3) is 5.33. The second-order valence-electron chi connectivity index (χ2n) is 7.52. The molecule has 0 atom stereocenters. The summed E-state index contributed by atoms with van der Waals surface area (Å²) in [5.41, 5.74) is 4.21. The first-order valence-electron chi connectivity index (χ1n) is 10.8. The van der Waals surface area contributed by atoms with E-state index in [0.717, 1.165) is 27.4 Å². The summed E-state index contributed by atoms with van der Waals surface area (Å²) in [7, 11) is 4.50. The van der Waals surface area contributed by atoms with E-state index in [9.17, 15) is 9.59 Å². The molecule has 0 saturated heterocycles. The number of nitrogens with zero attached hydrogens (tertiary/aromatic N) is 1. The maximum absolute atomic E-state index is 12.6. The molecule has 7 nitrogen and oxygen atoms in total. The van der Waals surface area contributed by atoms with Gasteiger partial charge in [0.05, 0.1) is 38.2 Å². The first-order valence-corrected chi connectivity index (χ1v) is 11.6. The lowest BCUT2D eigenvalue weighted by Crippen LogP contribution is -2.25. The number of methoxy groups -OCH3 is 3. The van der Waals surface area contributed by atoms with E-state index in [1.165, 1.54) is 7.11 Å². The first kappa shape index (κ1) is 24.0. The number of amides is 1. The Morgan fingerprint density at radius 2 is 1.54 bits per heavy atom. The van der Waals surface area contributed by atoms with E-state index >= 15 is 0 Å². The second-order valence-corrected chi connectivity index (χ2v) is 8.38. The molecular formula is C27H24N2O5S. The molecule has 0 bridgehead atoms. The molecule has 1 amide bonds. The molecule has 178 valence electrons. The van der Waals surface area contributed by atoms with Crippen LogP contribution in [0.4, 0.5) is 0 Å². The molecule has 0 unspecified atom stereocenters. The molecule has 4 rings (SSSR count). The van der Waals surface area contributed by atoms with Crippen molar-refractivity contribution >= 4 is 23.2 Å². The minimum atomic E-state index is -0.545. The quantitative estimate of drug-likeness (QED) is 0.343. The molecule has 1 N–H and O–H groups in total. The van der Waals surface area contributed by atoms with Gasteiger partial charge in [0.1, 0.15) is 5.01 Å². The smallest absolute Gasteiger partial charge is 0.338 e. The molecule has 4 aromatic rings. The Hall–Kier alpha value is -4.17. The van der Waals surface area contributed by atoms with Crippen LogP contribution in [0.5, 0.6) is 11.5 Å². The van der Waals surface area contributed by atoms with E-state index < -0.39 is 5.97 Å². The molecule has 0 fully saturated rings. The van der Waals surface area contributed by atoms with E-state index in [4.69, 9.17) is 19.2 Å². The number of esters is 1. The van der Waals surface area contributed by atoms with E-state index in [2.05, 4.69) is 5.32 Å². The van der Waals surface area contributed by atoms with E-state index in [-0.39, 0.29) is 17.0 Å². The van der Waals surface area contributed by atoms with Gasteiger partial charge in [0.2, 0.25) is 0 Å². The molecule has 1 heterocycles. The summed E-state index contributed by atoms with van der Waals surface area (Å²) in [5.74, 6) is 0.439. The lowest BCUT2D eigenvalue weighted by atomic mass is 10.1. The number of benzene rings is 3. The van der Waals surface area contributed by atoms with Crippen molar-refractivity contribution in [2.24, 2.45) is 0 Å². The maximum atomic E-state index is 12.6. The number of nitrogens with one attached hydrogen (secondary N) is 1. The highest BCUT2D eigenvalue weighted by Crippen LogP contribution is 2.34. The molecule has 0 radical (unpaired) electrons. The highest BCUT2D eigenvalue weighted by atomic mass is 32.1. The van der Waals surface area contributed by atoms with Gasteiger partial charge in [-0.15, -0.1) is 11.3 Å². The van der Waals surface area contributed by atoms with Gasteiger partial charge in [-0.3, -0.25) is 4.79 Å². The average molecular weight is 489 g/mol. The van der Waals surface area contributed by atoms with E-state index in [1.54, 1.807) is 49.8 Å². The monoisotopic (exact) mass is 488 g/mol. The molecule has 0 aliphatic heterocycles. The number of hydrogen-bond donors (Lipinski definition) is 1. The van der Waals surface area contributed by atoms with E-state index in [0.29, 0.717) is 18.0 Å². The highest BCUT2D eigenvalue weighted by Gasteiger charge is 2.17. The average Bonchev–Trinajstić information content (AvgIpc) is 3.41. The fourth-order valence-electron chi connectivity index (χ4n) is 3.55. The van der Waals surface area contributed by atoms with Crippen molar-refractivity contribution in [1.82, 2.24) is 10.3 Å². The van der Waals surface area contributed by atoms with Crippen LogP contribution in [0.3, 0.4) is 0 Å². The molecular weight excluding hydrogens is 464 g/mol. The summed E-state index contributed by atoms with van der Waals surface area (Å²) < 4.78 is 15.5. The summed E-state index contributed by atoms with van der Waals surface area (Å²) in [5, 5.41) is 5.75. The largest absolute Gasteiger partial charge is 0.493 e. The van der Waals surface area contributed by atoms with Crippen molar-refractivity contribution < 1.29 is 23.8 Å². The van der Waals surface area contributed by atoms with E-state index in [1.807, 2.05) is 47.8 Å². The van der Waals surface area contributed by atoms with Gasteiger partial charge in [-0.25, -0.2) is 9.78 Å². The number of rotatable bonds is 8. The molecule has 0 spiro atoms. The number of aromatic nitrogens is 1. The predicted molar refractivity (Wildman–Crippen MR) is 135 cm³/mol. The fourth-order valence-corrected chi connectivity index (χ4v) is 4.38. The first-order chi connectivity index (χ1) is 17.0. The Labute approximate surface area is 207 Å². The Balaban J connectivity index is 1.44. The Morgan fingerprint density at radius 3 is 2.23 bits per heavy atom. The lowest BCUT2D eigenvalue weighted by Gasteiger charge is -2.09. The maximum Gasteiger partial charge on any atom is 0.338 e. The van der Waals surface area contributed by atoms with Gasteiger partial charge in [0, 0.05) is 23.1 Å². The number of carbonyl (C=O) groups excluding carboxylic acids is 2. The van der Waals surface area contributed by atoms with Crippen molar-refractivity contribution in [2.45, 2.75) is 6.54 Å². The standard InChI is InChI=1S/C27H24N2O5S/c1-32-23-13-12-19(14-24(23)33-2)22-16-35-26(29-22)18-10-8-17(9-11-18)15-28-25(30)20-6-4-5-7-21(20)27(31)34-3/h4-14,16H,15H2,1-3H3,(H,28,30). The number of carbonyl (C=O) groups is 2. The molecule has 0 aliphatic rings. The van der Waals surface area contributed by atoms with Gasteiger partial charge in [0.25, 0.3) is 5.91 Å². The van der Waals surface area contributed by atoms with Gasteiger partial charge in [0.15, 0.2) is 11.5 Å². The molecule has 35 heavy (non-hydrogen) atoms. The summed E-state index contributed by atoms with van der Waals surface area (Å²) in [6.45, 7) is 0.323. The van der Waals surface area contributed by atoms with Crippen molar-refractivity contribution in [3.05, 3.63) is 88.8 Å². The normalized spacial score (nSPS) is 10.5.